The number of para-hydroxylation sites is 1. The van der Waals surface area contributed by atoms with Crippen molar-refractivity contribution in [2.45, 2.75) is 65.5 Å². The molecule has 5 rings (SSSR count). The van der Waals surface area contributed by atoms with E-state index in [9.17, 15) is 9.59 Å². The fraction of sp³-hybridized carbons (Fsp3) is 0.485. The third-order valence-electron chi connectivity index (χ3n) is 8.54. The molecule has 6 nitrogen and oxygen atoms in total. The number of carbonyl (C=O) groups is 2. The average Bonchev–Trinajstić information content (AvgIpc) is 2.97. The second kappa shape index (κ2) is 12.3. The van der Waals surface area contributed by atoms with Gasteiger partial charge in [0.2, 0.25) is 5.91 Å². The van der Waals surface area contributed by atoms with Gasteiger partial charge in [0.1, 0.15) is 0 Å². The van der Waals surface area contributed by atoms with E-state index in [1.807, 2.05) is 61.2 Å². The zero-order valence-corrected chi connectivity index (χ0v) is 23.7. The lowest BCUT2D eigenvalue weighted by Gasteiger charge is -2.36. The molecule has 1 saturated carbocycles. The van der Waals surface area contributed by atoms with Crippen molar-refractivity contribution in [3.05, 3.63) is 65.7 Å². The van der Waals surface area contributed by atoms with Crippen LogP contribution in [0.25, 0.3) is 22.2 Å². The number of hydrogen-bond donors (Lipinski definition) is 1. The number of rotatable bonds is 7. The lowest BCUT2D eigenvalue weighted by Crippen LogP contribution is -2.49. The van der Waals surface area contributed by atoms with Gasteiger partial charge in [-0.15, -0.1) is 0 Å². The Balaban J connectivity index is 1.52. The fourth-order valence-electron chi connectivity index (χ4n) is 6.25. The molecule has 2 aromatic carbocycles. The number of fused-ring (bicyclic) bond motifs is 1. The van der Waals surface area contributed by atoms with Gasteiger partial charge in [-0.25, -0.2) is 4.98 Å². The first-order chi connectivity index (χ1) is 18.9. The molecule has 1 aromatic heterocycles. The second-order valence-corrected chi connectivity index (χ2v) is 11.6. The van der Waals surface area contributed by atoms with Crippen molar-refractivity contribution in [2.75, 3.05) is 26.2 Å². The summed E-state index contributed by atoms with van der Waals surface area (Å²) in [7, 11) is 0. The predicted octanol–water partition coefficient (Wildman–Crippen LogP) is 5.90. The van der Waals surface area contributed by atoms with Gasteiger partial charge in [0.25, 0.3) is 5.91 Å². The lowest BCUT2D eigenvalue weighted by molar-refractivity contribution is -0.136. The van der Waals surface area contributed by atoms with Crippen LogP contribution in [0.5, 0.6) is 0 Å². The van der Waals surface area contributed by atoms with Crippen molar-refractivity contribution in [3.8, 4) is 11.3 Å². The van der Waals surface area contributed by atoms with Crippen molar-refractivity contribution in [2.24, 2.45) is 11.8 Å². The summed E-state index contributed by atoms with van der Waals surface area (Å²) in [6, 6.07) is 18.3. The summed E-state index contributed by atoms with van der Waals surface area (Å²) in [5, 5.41) is 4.31. The molecule has 2 aliphatic rings. The van der Waals surface area contributed by atoms with Crippen molar-refractivity contribution >= 4 is 22.7 Å². The normalized spacial score (nSPS) is 17.9. The Labute approximate surface area is 232 Å². The molecule has 0 unspecified atom stereocenters. The third kappa shape index (κ3) is 6.17. The maximum Gasteiger partial charge on any atom is 0.252 e. The van der Waals surface area contributed by atoms with Gasteiger partial charge in [0.15, 0.2) is 0 Å². The molecule has 0 bridgehead atoms. The molecule has 3 aromatic rings. The largest absolute Gasteiger partial charge is 0.349 e. The number of piperazine rings is 1. The topological polar surface area (TPSA) is 65.5 Å². The van der Waals surface area contributed by atoms with Crippen LogP contribution in [0, 0.1) is 11.8 Å². The Kier molecular flexibility index (Phi) is 8.61. The van der Waals surface area contributed by atoms with Crippen molar-refractivity contribution < 1.29 is 9.59 Å². The summed E-state index contributed by atoms with van der Waals surface area (Å²) in [5.41, 5.74) is 4.43. The van der Waals surface area contributed by atoms with E-state index in [0.29, 0.717) is 25.6 Å². The lowest BCUT2D eigenvalue weighted by atomic mass is 9.84. The van der Waals surface area contributed by atoms with Gasteiger partial charge in [-0.1, -0.05) is 81.6 Å². The molecule has 2 fully saturated rings. The number of benzene rings is 2. The molecule has 1 N–H and O–H groups in total. The Morgan fingerprint density at radius 1 is 0.897 bits per heavy atom. The summed E-state index contributed by atoms with van der Waals surface area (Å²) >= 11 is 0. The van der Waals surface area contributed by atoms with Crippen LogP contribution >= 0.6 is 0 Å². The summed E-state index contributed by atoms with van der Waals surface area (Å²) < 4.78 is 0. The van der Waals surface area contributed by atoms with Gasteiger partial charge in [-0.2, -0.15) is 0 Å². The van der Waals surface area contributed by atoms with Gasteiger partial charge in [-0.3, -0.25) is 14.5 Å². The van der Waals surface area contributed by atoms with Crippen LogP contribution in [0.1, 0.15) is 68.8 Å². The number of aromatic nitrogens is 1. The quantitative estimate of drug-likeness (QED) is 0.416. The van der Waals surface area contributed by atoms with Crippen LogP contribution in [0.3, 0.4) is 0 Å². The van der Waals surface area contributed by atoms with Gasteiger partial charge in [0, 0.05) is 61.2 Å². The smallest absolute Gasteiger partial charge is 0.252 e. The molecule has 39 heavy (non-hydrogen) atoms. The Hall–Kier alpha value is -3.25. The fourth-order valence-corrected chi connectivity index (χ4v) is 6.25. The number of amides is 2. The van der Waals surface area contributed by atoms with Crippen LogP contribution in [0.15, 0.2) is 54.6 Å². The number of hydrogen-bond acceptors (Lipinski definition) is 4. The highest BCUT2D eigenvalue weighted by Crippen LogP contribution is 2.33. The molecule has 1 saturated heterocycles. The van der Waals surface area contributed by atoms with E-state index in [2.05, 4.69) is 29.3 Å². The van der Waals surface area contributed by atoms with E-state index < -0.39 is 0 Å². The molecule has 1 atom stereocenters. The minimum Gasteiger partial charge on any atom is -0.349 e. The number of pyridine rings is 1. The van der Waals surface area contributed by atoms with E-state index in [1.54, 1.807) is 0 Å². The second-order valence-electron chi connectivity index (χ2n) is 11.6. The Morgan fingerprint density at radius 3 is 2.26 bits per heavy atom. The van der Waals surface area contributed by atoms with Gasteiger partial charge < -0.3 is 10.2 Å². The van der Waals surface area contributed by atoms with Crippen LogP contribution in [0.2, 0.25) is 0 Å². The van der Waals surface area contributed by atoms with Gasteiger partial charge in [0.05, 0.1) is 16.8 Å². The minimum atomic E-state index is -0.00697. The van der Waals surface area contributed by atoms with Crippen LogP contribution in [-0.4, -0.2) is 58.8 Å². The van der Waals surface area contributed by atoms with Crippen LogP contribution in [0.4, 0.5) is 0 Å². The first kappa shape index (κ1) is 27.3. The molecule has 1 aliphatic carbocycles. The highest BCUT2D eigenvalue weighted by Gasteiger charge is 2.29. The van der Waals surface area contributed by atoms with E-state index >= 15 is 0 Å². The van der Waals surface area contributed by atoms with E-state index in [-0.39, 0.29) is 23.8 Å². The van der Waals surface area contributed by atoms with E-state index in [1.165, 1.54) is 32.1 Å². The summed E-state index contributed by atoms with van der Waals surface area (Å²) in [6.07, 6.45) is 6.16. The molecule has 1 aliphatic heterocycles. The number of nitrogens with one attached hydrogen (secondary N) is 1. The zero-order valence-electron chi connectivity index (χ0n) is 23.7. The summed E-state index contributed by atoms with van der Waals surface area (Å²) in [4.78, 5) is 36.2. The SMILES string of the molecule is CC(C)C(=O)N1CCN(Cc2c(-c3ccccc3)nc3ccccc3c2C(=O)N[C@@H](C)C2CCCCC2)CC1. The molecule has 2 amide bonds. The Bertz CT molecular complexity index is 1290. The molecule has 0 spiro atoms. The first-order valence-electron chi connectivity index (χ1n) is 14.7. The third-order valence-corrected chi connectivity index (χ3v) is 8.54. The zero-order chi connectivity index (χ0) is 27.4. The number of nitrogens with zero attached hydrogens (tertiary/aromatic N) is 3. The van der Waals surface area contributed by atoms with Gasteiger partial charge >= 0.3 is 0 Å². The monoisotopic (exact) mass is 526 g/mol. The van der Waals surface area contributed by atoms with Crippen LogP contribution < -0.4 is 5.32 Å². The molecule has 206 valence electrons. The molecular formula is C33H42N4O2. The summed E-state index contributed by atoms with van der Waals surface area (Å²) in [6.45, 7) is 9.67. The highest BCUT2D eigenvalue weighted by atomic mass is 16.2. The van der Waals surface area contributed by atoms with Crippen LogP contribution in [-0.2, 0) is 11.3 Å². The Morgan fingerprint density at radius 2 is 1.56 bits per heavy atom. The van der Waals surface area contributed by atoms with Crippen molar-refractivity contribution in [3.63, 3.8) is 0 Å². The maximum atomic E-state index is 14.2. The summed E-state index contributed by atoms with van der Waals surface area (Å²) in [5.74, 6) is 0.739. The predicted molar refractivity (Wildman–Crippen MR) is 157 cm³/mol. The minimum absolute atomic E-state index is 0.00683. The molecule has 6 heteroatoms. The van der Waals surface area contributed by atoms with E-state index in [0.717, 1.165) is 46.4 Å². The van der Waals surface area contributed by atoms with E-state index in [4.69, 9.17) is 4.98 Å². The number of carbonyl (C=O) groups excluding carboxylic acids is 2. The van der Waals surface area contributed by atoms with Gasteiger partial charge in [-0.05, 0) is 31.7 Å². The van der Waals surface area contributed by atoms with Crippen molar-refractivity contribution in [1.29, 1.82) is 0 Å². The van der Waals surface area contributed by atoms with Crippen molar-refractivity contribution in [1.82, 2.24) is 20.1 Å². The molecular weight excluding hydrogens is 484 g/mol. The first-order valence-corrected chi connectivity index (χ1v) is 14.7. The average molecular weight is 527 g/mol. The molecule has 2 heterocycles. The maximum absolute atomic E-state index is 14.2. The standard InChI is InChI=1S/C33H42N4O2/c1-23(2)33(39)37-20-18-36(19-21-37)22-28-30(32(38)34-24(3)25-12-6-4-7-13-25)27-16-10-11-17-29(27)35-31(28)26-14-8-5-9-15-26/h5,8-11,14-17,23-25H,4,6-7,12-13,18-22H2,1-3H3,(H,34,38)/t24-/m0/s1. The molecule has 0 radical (unpaired) electrons. The highest BCUT2D eigenvalue weighted by molar-refractivity contribution is 6.09.